The van der Waals surface area contributed by atoms with Gasteiger partial charge < -0.3 is 4.74 Å². The van der Waals surface area contributed by atoms with Crippen LogP contribution in [0.15, 0.2) is 72.8 Å². The molecule has 0 saturated heterocycles. The predicted molar refractivity (Wildman–Crippen MR) is 88.9 cm³/mol. The maximum Gasteiger partial charge on any atom is 0.416 e. The molecule has 0 spiro atoms. The molecule has 24 heavy (non-hydrogen) atoms. The van der Waals surface area contributed by atoms with Crippen molar-refractivity contribution < 1.29 is 17.9 Å². The van der Waals surface area contributed by atoms with Gasteiger partial charge in [0.25, 0.3) is 0 Å². The zero-order chi connectivity index (χ0) is 17.2. The smallest absolute Gasteiger partial charge is 0.416 e. The molecule has 0 saturated carbocycles. The minimum atomic E-state index is -4.31. The quantitative estimate of drug-likeness (QED) is 0.569. The number of halogens is 3. The second-order valence-corrected chi connectivity index (χ2v) is 5.38. The van der Waals surface area contributed by atoms with Crippen LogP contribution in [0.4, 0.5) is 13.2 Å². The molecule has 0 aliphatic heterocycles. The zero-order valence-electron chi connectivity index (χ0n) is 13.0. The molecule has 3 aromatic carbocycles. The molecule has 0 aliphatic rings. The van der Waals surface area contributed by atoms with E-state index in [2.05, 4.69) is 0 Å². The summed E-state index contributed by atoms with van der Waals surface area (Å²) < 4.78 is 43.0. The van der Waals surface area contributed by atoms with Crippen molar-refractivity contribution >= 4 is 0 Å². The standard InChI is InChI=1S/C20H15F3O/c1-24-19-12-8-17(9-13-19)15-4-2-14(3-5-15)16-6-10-18(11-7-16)20(21,22)23/h2-13H,1H3. The van der Waals surface area contributed by atoms with Gasteiger partial charge in [-0.2, -0.15) is 13.2 Å². The molecule has 0 radical (unpaired) electrons. The summed E-state index contributed by atoms with van der Waals surface area (Å²) in [6.07, 6.45) is -4.31. The highest BCUT2D eigenvalue weighted by Gasteiger charge is 2.29. The first-order valence-electron chi connectivity index (χ1n) is 7.39. The lowest BCUT2D eigenvalue weighted by Gasteiger charge is -2.09. The molecule has 0 heterocycles. The van der Waals surface area contributed by atoms with Crippen molar-refractivity contribution in [2.75, 3.05) is 7.11 Å². The van der Waals surface area contributed by atoms with Crippen molar-refractivity contribution in [3.8, 4) is 28.0 Å². The molecule has 0 amide bonds. The number of rotatable bonds is 3. The Labute approximate surface area is 138 Å². The normalized spacial score (nSPS) is 11.3. The SMILES string of the molecule is COc1ccc(-c2ccc(-c3ccc(C(F)(F)F)cc3)cc2)cc1. The van der Waals surface area contributed by atoms with Crippen LogP contribution in [0.1, 0.15) is 5.56 Å². The molecule has 0 N–H and O–H groups in total. The largest absolute Gasteiger partial charge is 0.497 e. The van der Waals surface area contributed by atoms with Crippen LogP contribution in [0.5, 0.6) is 5.75 Å². The number of methoxy groups -OCH3 is 1. The summed E-state index contributed by atoms with van der Waals surface area (Å²) in [6, 6.07) is 20.6. The summed E-state index contributed by atoms with van der Waals surface area (Å²) in [7, 11) is 1.62. The van der Waals surface area contributed by atoms with Crippen molar-refractivity contribution in [3.05, 3.63) is 78.4 Å². The van der Waals surface area contributed by atoms with E-state index in [1.54, 1.807) is 7.11 Å². The summed E-state index contributed by atoms with van der Waals surface area (Å²) in [6.45, 7) is 0. The molecule has 0 fully saturated rings. The van der Waals surface area contributed by atoms with E-state index in [0.29, 0.717) is 0 Å². The van der Waals surface area contributed by atoms with Gasteiger partial charge in [0.15, 0.2) is 0 Å². The van der Waals surface area contributed by atoms with Crippen LogP contribution < -0.4 is 4.74 Å². The van der Waals surface area contributed by atoms with E-state index in [0.717, 1.165) is 40.1 Å². The number of hydrogen-bond acceptors (Lipinski definition) is 1. The van der Waals surface area contributed by atoms with Gasteiger partial charge in [-0.3, -0.25) is 0 Å². The third kappa shape index (κ3) is 3.43. The summed E-state index contributed by atoms with van der Waals surface area (Å²) in [5.41, 5.74) is 3.08. The highest BCUT2D eigenvalue weighted by Crippen LogP contribution is 2.31. The monoisotopic (exact) mass is 328 g/mol. The van der Waals surface area contributed by atoms with Crippen molar-refractivity contribution in [1.29, 1.82) is 0 Å². The maximum absolute atomic E-state index is 12.6. The van der Waals surface area contributed by atoms with Gasteiger partial charge in [-0.1, -0.05) is 48.5 Å². The topological polar surface area (TPSA) is 9.23 Å². The lowest BCUT2D eigenvalue weighted by molar-refractivity contribution is -0.137. The zero-order valence-corrected chi connectivity index (χ0v) is 13.0. The molecule has 3 aromatic rings. The van der Waals surface area contributed by atoms with Gasteiger partial charge in [-0.05, 0) is 46.5 Å². The second-order valence-electron chi connectivity index (χ2n) is 5.38. The van der Waals surface area contributed by atoms with E-state index in [1.807, 2.05) is 48.5 Å². The first-order valence-corrected chi connectivity index (χ1v) is 7.39. The van der Waals surface area contributed by atoms with Crippen LogP contribution in [0, 0.1) is 0 Å². The first kappa shape index (κ1) is 16.1. The molecule has 0 aliphatic carbocycles. The fraction of sp³-hybridized carbons (Fsp3) is 0.100. The van der Waals surface area contributed by atoms with Crippen molar-refractivity contribution in [2.45, 2.75) is 6.18 Å². The molecule has 0 bridgehead atoms. The Morgan fingerprint density at radius 2 is 0.917 bits per heavy atom. The van der Waals surface area contributed by atoms with Crippen LogP contribution in [0.25, 0.3) is 22.3 Å². The van der Waals surface area contributed by atoms with Gasteiger partial charge in [-0.25, -0.2) is 0 Å². The molecule has 4 heteroatoms. The van der Waals surface area contributed by atoms with E-state index in [1.165, 1.54) is 12.1 Å². The van der Waals surface area contributed by atoms with Crippen molar-refractivity contribution in [1.82, 2.24) is 0 Å². The van der Waals surface area contributed by atoms with Crippen LogP contribution in [-0.2, 0) is 6.18 Å². The summed E-state index contributed by atoms with van der Waals surface area (Å²) in [4.78, 5) is 0. The van der Waals surface area contributed by atoms with Crippen molar-refractivity contribution in [3.63, 3.8) is 0 Å². The van der Waals surface area contributed by atoms with Gasteiger partial charge >= 0.3 is 6.18 Å². The van der Waals surface area contributed by atoms with E-state index >= 15 is 0 Å². The molecule has 0 atom stereocenters. The average molecular weight is 328 g/mol. The fourth-order valence-corrected chi connectivity index (χ4v) is 2.49. The van der Waals surface area contributed by atoms with E-state index in [4.69, 9.17) is 4.74 Å². The number of ether oxygens (including phenoxy) is 1. The lowest BCUT2D eigenvalue weighted by Crippen LogP contribution is -2.03. The Morgan fingerprint density at radius 1 is 0.583 bits per heavy atom. The Bertz CT molecular complexity index is 802. The highest BCUT2D eigenvalue weighted by molar-refractivity contribution is 5.70. The number of benzene rings is 3. The van der Waals surface area contributed by atoms with E-state index in [-0.39, 0.29) is 0 Å². The Balaban J connectivity index is 1.83. The van der Waals surface area contributed by atoms with E-state index in [9.17, 15) is 13.2 Å². The molecular formula is C20H15F3O. The van der Waals surface area contributed by atoms with Crippen LogP contribution in [0.3, 0.4) is 0 Å². The second kappa shape index (κ2) is 6.40. The Kier molecular flexibility index (Phi) is 4.30. The predicted octanol–water partition coefficient (Wildman–Crippen LogP) is 6.05. The molecule has 3 rings (SSSR count). The molecular weight excluding hydrogens is 313 g/mol. The Morgan fingerprint density at radius 3 is 1.25 bits per heavy atom. The first-order chi connectivity index (χ1) is 11.5. The van der Waals surface area contributed by atoms with Gasteiger partial charge in [0, 0.05) is 0 Å². The summed E-state index contributed by atoms with van der Waals surface area (Å²) in [5, 5.41) is 0. The highest BCUT2D eigenvalue weighted by atomic mass is 19.4. The number of hydrogen-bond donors (Lipinski definition) is 0. The van der Waals surface area contributed by atoms with Crippen LogP contribution >= 0.6 is 0 Å². The Hall–Kier alpha value is -2.75. The fourth-order valence-electron chi connectivity index (χ4n) is 2.49. The molecule has 0 unspecified atom stereocenters. The summed E-state index contributed by atoms with van der Waals surface area (Å²) >= 11 is 0. The van der Waals surface area contributed by atoms with Crippen molar-refractivity contribution in [2.24, 2.45) is 0 Å². The number of alkyl halides is 3. The third-order valence-corrected chi connectivity index (χ3v) is 3.85. The minimum absolute atomic E-state index is 0.638. The maximum atomic E-state index is 12.6. The van der Waals surface area contributed by atoms with Crippen LogP contribution in [-0.4, -0.2) is 7.11 Å². The molecule has 1 nitrogen and oxygen atoms in total. The lowest BCUT2D eigenvalue weighted by atomic mass is 9.99. The van der Waals surface area contributed by atoms with Gasteiger partial charge in [-0.15, -0.1) is 0 Å². The summed E-state index contributed by atoms with van der Waals surface area (Å²) in [5.74, 6) is 0.792. The van der Waals surface area contributed by atoms with Crippen LogP contribution in [0.2, 0.25) is 0 Å². The molecule has 0 aromatic heterocycles. The molecule has 122 valence electrons. The minimum Gasteiger partial charge on any atom is -0.497 e. The third-order valence-electron chi connectivity index (χ3n) is 3.85. The van der Waals surface area contributed by atoms with Gasteiger partial charge in [0.1, 0.15) is 5.75 Å². The average Bonchev–Trinajstić information content (AvgIpc) is 2.61. The van der Waals surface area contributed by atoms with E-state index < -0.39 is 11.7 Å². The van der Waals surface area contributed by atoms with Gasteiger partial charge in [0.05, 0.1) is 12.7 Å². The van der Waals surface area contributed by atoms with Gasteiger partial charge in [0.2, 0.25) is 0 Å².